The number of amides is 2. The van der Waals surface area contributed by atoms with Gasteiger partial charge in [-0.15, -0.1) is 11.8 Å². The Kier molecular flexibility index (Phi) is 8.39. The number of nitrogens with one attached hydrogen (secondary N) is 1. The van der Waals surface area contributed by atoms with E-state index in [1.165, 1.54) is 47.9 Å². The Morgan fingerprint density at radius 2 is 1.94 bits per heavy atom. The molecule has 0 unspecified atom stereocenters. The van der Waals surface area contributed by atoms with E-state index in [1.807, 2.05) is 6.92 Å². The van der Waals surface area contributed by atoms with Crippen LogP contribution in [0.25, 0.3) is 0 Å². The van der Waals surface area contributed by atoms with Gasteiger partial charge in [0.05, 0.1) is 23.0 Å². The molecule has 1 fully saturated rings. The van der Waals surface area contributed by atoms with Crippen molar-refractivity contribution in [1.82, 2.24) is 10.2 Å². The number of nitro benzene ring substituents is 1. The number of thioether (sulfide) groups is 1. The van der Waals surface area contributed by atoms with E-state index in [-0.39, 0.29) is 47.9 Å². The van der Waals surface area contributed by atoms with Gasteiger partial charge in [0.15, 0.2) is 8.32 Å². The minimum absolute atomic E-state index is 0.0499. The molecular formula is C23H31N3O7SSi. The molecule has 2 heterocycles. The number of hydrogen-bond acceptors (Lipinski definition) is 8. The summed E-state index contributed by atoms with van der Waals surface area (Å²) in [6, 6.07) is 5.59. The quantitative estimate of drug-likeness (QED) is 0.117. The molecule has 2 aliphatic heterocycles. The summed E-state index contributed by atoms with van der Waals surface area (Å²) in [6.07, 6.45) is 0.277. The van der Waals surface area contributed by atoms with Crippen LogP contribution in [0, 0.1) is 16.0 Å². The molecule has 0 aromatic heterocycles. The molecule has 0 aliphatic carbocycles. The van der Waals surface area contributed by atoms with E-state index >= 15 is 0 Å². The molecular weight excluding hydrogens is 490 g/mol. The third-order valence-corrected chi connectivity index (χ3v) is 7.87. The summed E-state index contributed by atoms with van der Waals surface area (Å²) in [7, 11) is -1.86. The summed E-state index contributed by atoms with van der Waals surface area (Å²) in [5.41, 5.74) is 0.793. The Bertz CT molecular complexity index is 1040. The van der Waals surface area contributed by atoms with Crippen molar-refractivity contribution in [3.63, 3.8) is 0 Å². The Labute approximate surface area is 209 Å². The third-order valence-electron chi connectivity index (χ3n) is 5.68. The van der Waals surface area contributed by atoms with Gasteiger partial charge in [0.1, 0.15) is 12.3 Å². The number of ether oxygens (including phenoxy) is 1. The lowest BCUT2D eigenvalue weighted by Crippen LogP contribution is -2.63. The summed E-state index contributed by atoms with van der Waals surface area (Å²) >= 11 is 1.43. The van der Waals surface area contributed by atoms with Gasteiger partial charge in [0.2, 0.25) is 11.8 Å². The average molecular weight is 522 g/mol. The van der Waals surface area contributed by atoms with Gasteiger partial charge in [-0.1, -0.05) is 0 Å². The Morgan fingerprint density at radius 1 is 1.29 bits per heavy atom. The molecule has 12 heteroatoms. The molecule has 3 atom stereocenters. The number of β-lactam (4-membered cyclic amide) rings is 1. The number of hydrogen-bond donors (Lipinski definition) is 1. The first-order valence-corrected chi connectivity index (χ1v) is 15.8. The summed E-state index contributed by atoms with van der Waals surface area (Å²) in [4.78, 5) is 50.0. The number of esters is 1. The molecule has 0 saturated carbocycles. The zero-order valence-corrected chi connectivity index (χ0v) is 22.3. The highest BCUT2D eigenvalue weighted by Gasteiger charge is 2.57. The van der Waals surface area contributed by atoms with Crippen LogP contribution < -0.4 is 5.32 Å². The molecule has 3 rings (SSSR count). The SMILES string of the molecule is CC(=O)NCCSC1=C(C(=O)OCc2ccc([N+](=O)[O-])cc2)N2C(=O)[C@H]([C@H](C)O[Si](C)(C)C)[C@H]2C1. The second-order valence-corrected chi connectivity index (χ2v) is 15.2. The van der Waals surface area contributed by atoms with E-state index in [2.05, 4.69) is 25.0 Å². The summed E-state index contributed by atoms with van der Waals surface area (Å²) in [5, 5.41) is 13.6. The third kappa shape index (κ3) is 6.50. The first-order valence-electron chi connectivity index (χ1n) is 11.4. The predicted molar refractivity (Wildman–Crippen MR) is 134 cm³/mol. The van der Waals surface area contributed by atoms with Crippen LogP contribution in [0.4, 0.5) is 5.69 Å². The molecule has 1 N–H and O–H groups in total. The number of rotatable bonds is 11. The van der Waals surface area contributed by atoms with E-state index in [4.69, 9.17) is 9.16 Å². The van der Waals surface area contributed by atoms with Crippen LogP contribution >= 0.6 is 11.8 Å². The largest absolute Gasteiger partial charge is 0.456 e. The highest BCUT2D eigenvalue weighted by atomic mass is 32.2. The highest BCUT2D eigenvalue weighted by Crippen LogP contribution is 2.48. The van der Waals surface area contributed by atoms with E-state index in [9.17, 15) is 24.5 Å². The lowest BCUT2D eigenvalue weighted by Gasteiger charge is -2.47. The lowest BCUT2D eigenvalue weighted by atomic mass is 9.83. The van der Waals surface area contributed by atoms with Gasteiger partial charge in [0.25, 0.3) is 5.69 Å². The van der Waals surface area contributed by atoms with Crippen LogP contribution in [0.3, 0.4) is 0 Å². The van der Waals surface area contributed by atoms with E-state index in [1.54, 1.807) is 0 Å². The van der Waals surface area contributed by atoms with Crippen LogP contribution in [-0.4, -0.2) is 60.4 Å². The fraction of sp³-hybridized carbons (Fsp3) is 0.522. The van der Waals surface area contributed by atoms with Gasteiger partial charge < -0.3 is 19.4 Å². The zero-order chi connectivity index (χ0) is 25.9. The van der Waals surface area contributed by atoms with Gasteiger partial charge in [-0.05, 0) is 44.3 Å². The molecule has 0 bridgehead atoms. The van der Waals surface area contributed by atoms with Gasteiger partial charge >= 0.3 is 5.97 Å². The molecule has 0 spiro atoms. The van der Waals surface area contributed by atoms with E-state index in [0.29, 0.717) is 24.3 Å². The number of carbonyl (C=O) groups is 3. The summed E-state index contributed by atoms with van der Waals surface area (Å²) in [6.45, 7) is 9.92. The Hall–Kier alpha value is -2.70. The fourth-order valence-electron chi connectivity index (χ4n) is 4.30. The van der Waals surface area contributed by atoms with Crippen molar-refractivity contribution in [3.8, 4) is 0 Å². The molecule has 1 aromatic rings. The van der Waals surface area contributed by atoms with Crippen molar-refractivity contribution < 1.29 is 28.5 Å². The first-order chi connectivity index (χ1) is 16.4. The number of carbonyl (C=O) groups excluding carboxylic acids is 3. The highest BCUT2D eigenvalue weighted by molar-refractivity contribution is 8.03. The van der Waals surface area contributed by atoms with Crippen molar-refractivity contribution in [2.24, 2.45) is 5.92 Å². The number of nitro groups is 1. The van der Waals surface area contributed by atoms with Crippen LogP contribution in [0.2, 0.25) is 19.6 Å². The topological polar surface area (TPSA) is 128 Å². The molecule has 1 saturated heterocycles. The van der Waals surface area contributed by atoms with Crippen molar-refractivity contribution >= 4 is 43.6 Å². The van der Waals surface area contributed by atoms with Crippen molar-refractivity contribution in [1.29, 1.82) is 0 Å². The number of nitrogens with zero attached hydrogens (tertiary/aromatic N) is 2. The molecule has 190 valence electrons. The van der Waals surface area contributed by atoms with Crippen molar-refractivity contribution in [2.75, 3.05) is 12.3 Å². The van der Waals surface area contributed by atoms with Crippen molar-refractivity contribution in [3.05, 3.63) is 50.5 Å². The van der Waals surface area contributed by atoms with Gasteiger partial charge in [-0.2, -0.15) is 0 Å². The maximum atomic E-state index is 13.1. The monoisotopic (exact) mass is 521 g/mol. The van der Waals surface area contributed by atoms with Gasteiger partial charge in [0, 0.05) is 42.7 Å². The second kappa shape index (κ2) is 10.9. The minimum atomic E-state index is -1.86. The van der Waals surface area contributed by atoms with Crippen LogP contribution in [0.5, 0.6) is 0 Å². The molecule has 2 amide bonds. The number of benzene rings is 1. The predicted octanol–water partition coefficient (Wildman–Crippen LogP) is 3.19. The molecule has 35 heavy (non-hydrogen) atoms. The normalized spacial score (nSPS) is 20.3. The van der Waals surface area contributed by atoms with Gasteiger partial charge in [-0.3, -0.25) is 19.7 Å². The Balaban J connectivity index is 1.72. The van der Waals surface area contributed by atoms with Crippen LogP contribution in [0.15, 0.2) is 34.9 Å². The Morgan fingerprint density at radius 3 is 2.51 bits per heavy atom. The molecule has 2 aliphatic rings. The number of fused-ring (bicyclic) bond motifs is 1. The minimum Gasteiger partial charge on any atom is -0.456 e. The summed E-state index contributed by atoms with van der Waals surface area (Å²) < 4.78 is 11.7. The second-order valence-electron chi connectivity index (χ2n) is 9.54. The standard InChI is InChI=1S/C23H31N3O7SSi/c1-14(33-35(3,4)5)20-18-12-19(34-11-10-24-15(2)27)21(25(18)22(20)28)23(29)32-13-16-6-8-17(9-7-16)26(30)31/h6-9,14,18,20H,10-13H2,1-5H3,(H,24,27)/t14-,18+,20+/m0/s1. The molecule has 10 nitrogen and oxygen atoms in total. The van der Waals surface area contributed by atoms with Crippen LogP contribution in [0.1, 0.15) is 25.8 Å². The van der Waals surface area contributed by atoms with Crippen molar-refractivity contribution in [2.45, 2.75) is 58.7 Å². The summed E-state index contributed by atoms with van der Waals surface area (Å²) in [5.74, 6) is -0.675. The maximum Gasteiger partial charge on any atom is 0.356 e. The fourth-order valence-corrected chi connectivity index (χ4v) is 6.62. The van der Waals surface area contributed by atoms with Gasteiger partial charge in [-0.25, -0.2) is 4.79 Å². The first kappa shape index (κ1) is 26.9. The molecule has 1 aromatic carbocycles. The molecule has 0 radical (unpaired) electrons. The van der Waals surface area contributed by atoms with E-state index in [0.717, 1.165) is 4.91 Å². The smallest absolute Gasteiger partial charge is 0.356 e. The van der Waals surface area contributed by atoms with E-state index < -0.39 is 19.2 Å². The number of non-ortho nitro benzene ring substituents is 1. The van der Waals surface area contributed by atoms with Crippen LogP contribution in [-0.2, 0) is 30.2 Å². The maximum absolute atomic E-state index is 13.1. The lowest BCUT2D eigenvalue weighted by molar-refractivity contribution is -0.384. The average Bonchev–Trinajstić information content (AvgIpc) is 3.08. The zero-order valence-electron chi connectivity index (χ0n) is 20.5.